The molecule has 1 unspecified atom stereocenters. The molecule has 0 spiro atoms. The van der Waals surface area contributed by atoms with Crippen LogP contribution in [0.3, 0.4) is 0 Å². The summed E-state index contributed by atoms with van der Waals surface area (Å²) in [4.78, 5) is 14.3. The molecule has 0 radical (unpaired) electrons. The van der Waals surface area contributed by atoms with E-state index < -0.39 is 20.9 Å². The number of sulfonamides is 1. The van der Waals surface area contributed by atoms with Gasteiger partial charge in [0.2, 0.25) is 4.93 Å². The Morgan fingerprint density at radius 2 is 2.17 bits per heavy atom. The standard InChI is InChI=1S/C20H29N3O5S/c1-3-5-15-28-20(11-8-17(21)9-12-20)29(25,26)23(14-10-19(24)27-4-2)18-7-6-13-22-16-18/h6-9,11,13,16H,3-5,10,12,14-15,21H2,1-2H3. The van der Waals surface area contributed by atoms with Gasteiger partial charge in [0.15, 0.2) is 0 Å². The lowest BCUT2D eigenvalue weighted by Gasteiger charge is -2.37. The third-order valence-corrected chi connectivity index (χ3v) is 6.75. The fourth-order valence-electron chi connectivity index (χ4n) is 2.88. The average Bonchev–Trinajstić information content (AvgIpc) is 2.70. The Labute approximate surface area is 172 Å². The van der Waals surface area contributed by atoms with Crippen molar-refractivity contribution in [3.05, 3.63) is 48.5 Å². The van der Waals surface area contributed by atoms with Gasteiger partial charge >= 0.3 is 5.97 Å². The molecule has 2 N–H and O–H groups in total. The number of nitrogens with zero attached hydrogens (tertiary/aromatic N) is 2. The zero-order valence-corrected chi connectivity index (χ0v) is 17.7. The molecule has 1 aromatic rings. The second-order valence-corrected chi connectivity index (χ2v) is 8.68. The van der Waals surface area contributed by atoms with Crippen molar-refractivity contribution in [2.24, 2.45) is 5.73 Å². The van der Waals surface area contributed by atoms with E-state index in [9.17, 15) is 13.2 Å². The van der Waals surface area contributed by atoms with Crippen molar-refractivity contribution >= 4 is 21.7 Å². The molecular weight excluding hydrogens is 394 g/mol. The molecule has 1 aromatic heterocycles. The number of pyridine rings is 1. The molecule has 0 saturated heterocycles. The number of hydrogen-bond donors (Lipinski definition) is 1. The highest BCUT2D eigenvalue weighted by Gasteiger charge is 2.47. The first-order valence-corrected chi connectivity index (χ1v) is 11.2. The first kappa shape index (κ1) is 22.9. The molecule has 0 aromatic carbocycles. The van der Waals surface area contributed by atoms with E-state index in [0.717, 1.165) is 12.8 Å². The van der Waals surface area contributed by atoms with Crippen LogP contribution in [-0.4, -0.2) is 44.1 Å². The number of nitrogens with two attached hydrogens (primary N) is 1. The Hall–Kier alpha value is -2.39. The molecule has 160 valence electrons. The summed E-state index contributed by atoms with van der Waals surface area (Å²) in [5.41, 5.74) is 6.65. The van der Waals surface area contributed by atoms with E-state index >= 15 is 0 Å². The molecular formula is C20H29N3O5S. The predicted octanol–water partition coefficient (Wildman–Crippen LogP) is 2.49. The van der Waals surface area contributed by atoms with Crippen molar-refractivity contribution in [3.8, 4) is 0 Å². The van der Waals surface area contributed by atoms with E-state index in [-0.39, 0.29) is 32.6 Å². The van der Waals surface area contributed by atoms with Gasteiger partial charge in [-0.1, -0.05) is 19.4 Å². The lowest BCUT2D eigenvalue weighted by Crippen LogP contribution is -2.50. The maximum atomic E-state index is 13.8. The van der Waals surface area contributed by atoms with E-state index in [4.69, 9.17) is 15.2 Å². The maximum absolute atomic E-state index is 13.8. The summed E-state index contributed by atoms with van der Waals surface area (Å²) in [6.07, 6.45) is 9.24. The Kier molecular flexibility index (Phi) is 8.21. The summed E-state index contributed by atoms with van der Waals surface area (Å²) in [6.45, 7) is 4.13. The highest BCUT2D eigenvalue weighted by molar-refractivity contribution is 7.94. The molecule has 29 heavy (non-hydrogen) atoms. The van der Waals surface area contributed by atoms with Crippen LogP contribution in [0.1, 0.15) is 39.5 Å². The minimum Gasteiger partial charge on any atom is -0.466 e. The fourth-order valence-corrected chi connectivity index (χ4v) is 4.74. The lowest BCUT2D eigenvalue weighted by molar-refractivity contribution is -0.142. The van der Waals surface area contributed by atoms with E-state index in [1.807, 2.05) is 6.92 Å². The molecule has 1 aliphatic rings. The number of esters is 1. The molecule has 2 rings (SSSR count). The van der Waals surface area contributed by atoms with Gasteiger partial charge in [-0.05, 0) is 37.6 Å². The van der Waals surface area contributed by atoms with Crippen molar-refractivity contribution < 1.29 is 22.7 Å². The zero-order chi connectivity index (χ0) is 21.3. The molecule has 1 aliphatic carbocycles. The highest BCUT2D eigenvalue weighted by Crippen LogP contribution is 2.35. The van der Waals surface area contributed by atoms with Crippen LogP contribution in [0.5, 0.6) is 0 Å². The number of aromatic nitrogens is 1. The molecule has 0 fully saturated rings. The summed E-state index contributed by atoms with van der Waals surface area (Å²) in [6, 6.07) is 3.27. The smallest absolute Gasteiger partial charge is 0.307 e. The van der Waals surface area contributed by atoms with Crippen LogP contribution in [0.4, 0.5) is 5.69 Å². The van der Waals surface area contributed by atoms with E-state index in [1.165, 1.54) is 16.6 Å². The number of hydrogen-bond acceptors (Lipinski definition) is 7. The second-order valence-electron chi connectivity index (χ2n) is 6.60. The van der Waals surface area contributed by atoms with Gasteiger partial charge in [-0.15, -0.1) is 0 Å². The minimum atomic E-state index is -4.08. The van der Waals surface area contributed by atoms with Crippen molar-refractivity contribution in [1.29, 1.82) is 0 Å². The number of rotatable bonds is 11. The van der Waals surface area contributed by atoms with Gasteiger partial charge in [0, 0.05) is 31.5 Å². The molecule has 1 heterocycles. The molecule has 0 aliphatic heterocycles. The van der Waals surface area contributed by atoms with Crippen LogP contribution in [0, 0.1) is 0 Å². The fraction of sp³-hybridized carbons (Fsp3) is 0.500. The van der Waals surface area contributed by atoms with Gasteiger partial charge in [-0.3, -0.25) is 14.1 Å². The largest absolute Gasteiger partial charge is 0.466 e. The lowest BCUT2D eigenvalue weighted by atomic mass is 10.1. The van der Waals surface area contributed by atoms with Gasteiger partial charge in [0.25, 0.3) is 10.0 Å². The second kappa shape index (κ2) is 10.4. The number of carbonyl (C=O) groups excluding carboxylic acids is 1. The predicted molar refractivity (Wildman–Crippen MR) is 111 cm³/mol. The third-order valence-electron chi connectivity index (χ3n) is 4.48. The Morgan fingerprint density at radius 1 is 1.38 bits per heavy atom. The number of unbranched alkanes of at least 4 members (excludes halogenated alkanes) is 1. The number of anilines is 1. The first-order valence-electron chi connectivity index (χ1n) is 9.73. The Balaban J connectivity index is 2.41. The topological polar surface area (TPSA) is 112 Å². The molecule has 0 bridgehead atoms. The van der Waals surface area contributed by atoms with Crippen LogP contribution < -0.4 is 10.0 Å². The monoisotopic (exact) mass is 423 g/mol. The number of carbonyl (C=O) groups is 1. The van der Waals surface area contributed by atoms with Crippen LogP contribution in [-0.2, 0) is 24.3 Å². The van der Waals surface area contributed by atoms with Gasteiger partial charge < -0.3 is 15.2 Å². The minimum absolute atomic E-state index is 0.0809. The summed E-state index contributed by atoms with van der Waals surface area (Å²) < 4.78 is 39.6. The summed E-state index contributed by atoms with van der Waals surface area (Å²) >= 11 is 0. The van der Waals surface area contributed by atoms with Gasteiger partial charge in [-0.25, -0.2) is 8.42 Å². The van der Waals surface area contributed by atoms with Gasteiger partial charge in [0.05, 0.1) is 24.9 Å². The van der Waals surface area contributed by atoms with Crippen LogP contribution >= 0.6 is 0 Å². The molecule has 8 nitrogen and oxygen atoms in total. The third kappa shape index (κ3) is 5.57. The van der Waals surface area contributed by atoms with Crippen LogP contribution in [0.25, 0.3) is 0 Å². The number of allylic oxidation sites excluding steroid dienone is 1. The zero-order valence-electron chi connectivity index (χ0n) is 16.9. The van der Waals surface area contributed by atoms with E-state index in [2.05, 4.69) is 4.98 Å². The quantitative estimate of drug-likeness (QED) is 0.430. The SMILES string of the molecule is CCCCOC1(S(=O)(=O)N(CCC(=O)OCC)c2cccnc2)C=CC(N)=CC1. The van der Waals surface area contributed by atoms with Crippen LogP contribution in [0.2, 0.25) is 0 Å². The van der Waals surface area contributed by atoms with E-state index in [1.54, 1.807) is 37.4 Å². The number of ether oxygens (including phenoxy) is 2. The van der Waals surface area contributed by atoms with Gasteiger partial charge in [-0.2, -0.15) is 0 Å². The van der Waals surface area contributed by atoms with Crippen molar-refractivity contribution in [3.63, 3.8) is 0 Å². The summed E-state index contributed by atoms with van der Waals surface area (Å²) in [5.74, 6) is -0.471. The highest BCUT2D eigenvalue weighted by atomic mass is 32.2. The average molecular weight is 424 g/mol. The van der Waals surface area contributed by atoms with E-state index in [0.29, 0.717) is 11.4 Å². The van der Waals surface area contributed by atoms with Crippen LogP contribution in [0.15, 0.2) is 48.5 Å². The molecule has 0 amide bonds. The molecule has 1 atom stereocenters. The summed E-state index contributed by atoms with van der Waals surface area (Å²) in [7, 11) is -4.08. The van der Waals surface area contributed by atoms with Crippen molar-refractivity contribution in [1.82, 2.24) is 4.98 Å². The summed E-state index contributed by atoms with van der Waals surface area (Å²) in [5, 5.41) is 0. The Bertz CT molecular complexity index is 839. The molecule has 9 heteroatoms. The normalized spacial score (nSPS) is 18.9. The molecule has 0 saturated carbocycles. The van der Waals surface area contributed by atoms with Gasteiger partial charge in [0.1, 0.15) is 0 Å². The van der Waals surface area contributed by atoms with Crippen molar-refractivity contribution in [2.45, 2.75) is 44.5 Å². The Morgan fingerprint density at radius 3 is 2.76 bits per heavy atom. The first-order chi connectivity index (χ1) is 13.9. The van der Waals surface area contributed by atoms with Crippen molar-refractivity contribution in [2.75, 3.05) is 24.1 Å². The maximum Gasteiger partial charge on any atom is 0.307 e.